The number of fused-ring (bicyclic) bond motifs is 1. The number of oxazole rings is 1. The molecule has 26 heavy (non-hydrogen) atoms. The van der Waals surface area contributed by atoms with E-state index in [0.29, 0.717) is 21.7 Å². The largest absolute Gasteiger partial charge is 0.420 e. The molecule has 0 saturated carbocycles. The second kappa shape index (κ2) is 5.22. The van der Waals surface area contributed by atoms with Gasteiger partial charge in [-0.2, -0.15) is 0 Å². The van der Waals surface area contributed by atoms with E-state index in [1.54, 1.807) is 36.4 Å². The summed E-state index contributed by atoms with van der Waals surface area (Å²) < 4.78 is 34.0. The van der Waals surface area contributed by atoms with Crippen LogP contribution >= 0.6 is 0 Å². The van der Waals surface area contributed by atoms with Crippen molar-refractivity contribution >= 4 is 37.6 Å². The lowest BCUT2D eigenvalue weighted by Gasteiger charge is -2.18. The maximum Gasteiger partial charge on any atom is 0.420 e. The fourth-order valence-electron chi connectivity index (χ4n) is 3.62. The molecule has 1 aliphatic heterocycles. The third-order valence-corrected chi connectivity index (χ3v) is 6.64. The zero-order valence-corrected chi connectivity index (χ0v) is 14.4. The zero-order chi connectivity index (χ0) is 17.9. The van der Waals surface area contributed by atoms with Gasteiger partial charge in [-0.15, -0.1) is 0 Å². The Morgan fingerprint density at radius 2 is 1.65 bits per heavy atom. The molecular weight excluding hydrogens is 352 g/mol. The van der Waals surface area contributed by atoms with Gasteiger partial charge in [-0.25, -0.2) is 13.2 Å². The van der Waals surface area contributed by atoms with Gasteiger partial charge in [0.15, 0.2) is 5.58 Å². The van der Waals surface area contributed by atoms with Crippen molar-refractivity contribution in [2.24, 2.45) is 0 Å². The Bertz CT molecular complexity index is 1330. The minimum Gasteiger partial charge on any atom is -0.408 e. The highest BCUT2D eigenvalue weighted by molar-refractivity contribution is 7.93. The number of nitrogens with zero attached hydrogens (tertiary/aromatic N) is 2. The summed E-state index contributed by atoms with van der Waals surface area (Å²) in [4.78, 5) is 12.5. The highest BCUT2D eigenvalue weighted by Crippen LogP contribution is 2.41. The van der Waals surface area contributed by atoms with Crippen LogP contribution in [0.1, 0.15) is 0 Å². The second-order valence-electron chi connectivity index (χ2n) is 6.20. The van der Waals surface area contributed by atoms with Crippen LogP contribution in [0.5, 0.6) is 0 Å². The molecule has 130 valence electrons. The average molecular weight is 366 g/mol. The maximum absolute atomic E-state index is 13.0. The predicted octanol–water partition coefficient (Wildman–Crippen LogP) is 2.96. The molecule has 0 unspecified atom stereocenters. The molecule has 5 rings (SSSR count). The summed E-state index contributed by atoms with van der Waals surface area (Å²) >= 11 is 0. The topological polar surface area (TPSA) is 72.5 Å². The summed E-state index contributed by atoms with van der Waals surface area (Å²) in [6, 6.07) is 17.9. The van der Waals surface area contributed by atoms with E-state index in [1.807, 2.05) is 24.3 Å². The van der Waals surface area contributed by atoms with Gasteiger partial charge < -0.3 is 4.42 Å². The van der Waals surface area contributed by atoms with Crippen molar-refractivity contribution in [3.63, 3.8) is 0 Å². The first-order chi connectivity index (χ1) is 12.6. The first-order valence-corrected chi connectivity index (χ1v) is 9.64. The third kappa shape index (κ3) is 1.97. The maximum atomic E-state index is 13.0. The molecule has 2 heterocycles. The number of anilines is 1. The molecule has 0 radical (unpaired) electrons. The van der Waals surface area contributed by atoms with Gasteiger partial charge >= 0.3 is 5.76 Å². The van der Waals surface area contributed by atoms with Gasteiger partial charge in [0.05, 0.1) is 22.6 Å². The fourth-order valence-corrected chi connectivity index (χ4v) is 5.32. The molecule has 0 saturated heterocycles. The number of aromatic nitrogens is 1. The van der Waals surface area contributed by atoms with Crippen LogP contribution in [0.25, 0.3) is 21.9 Å². The van der Waals surface area contributed by atoms with E-state index in [2.05, 4.69) is 0 Å². The molecule has 3 aromatic carbocycles. The van der Waals surface area contributed by atoms with Gasteiger partial charge in [0, 0.05) is 11.9 Å². The van der Waals surface area contributed by atoms with Crippen LogP contribution in [-0.4, -0.2) is 19.5 Å². The Hall–Kier alpha value is -3.06. The van der Waals surface area contributed by atoms with Crippen LogP contribution in [0, 0.1) is 0 Å². The van der Waals surface area contributed by atoms with Crippen LogP contribution < -0.4 is 10.1 Å². The average Bonchev–Trinajstić information content (AvgIpc) is 3.07. The van der Waals surface area contributed by atoms with E-state index in [-0.39, 0.29) is 13.1 Å². The highest BCUT2D eigenvalue weighted by Gasteiger charge is 2.35. The second-order valence-corrected chi connectivity index (χ2v) is 8.03. The van der Waals surface area contributed by atoms with Crippen LogP contribution in [0.4, 0.5) is 5.69 Å². The summed E-state index contributed by atoms with van der Waals surface area (Å²) in [7, 11) is -3.63. The van der Waals surface area contributed by atoms with Crippen LogP contribution in [0.3, 0.4) is 0 Å². The summed E-state index contributed by atoms with van der Waals surface area (Å²) in [5.41, 5.74) is 1.80. The van der Waals surface area contributed by atoms with Crippen molar-refractivity contribution in [3.8, 4) is 0 Å². The molecular formula is C19H14N2O4S. The number of benzene rings is 3. The Labute approximate surface area is 148 Å². The first-order valence-electron chi connectivity index (χ1n) is 8.20. The van der Waals surface area contributed by atoms with E-state index < -0.39 is 15.8 Å². The lowest BCUT2D eigenvalue weighted by molar-refractivity contribution is 0.506. The Morgan fingerprint density at radius 1 is 0.885 bits per heavy atom. The van der Waals surface area contributed by atoms with Gasteiger partial charge in [0.2, 0.25) is 0 Å². The van der Waals surface area contributed by atoms with Gasteiger partial charge in [-0.1, -0.05) is 36.4 Å². The number of hydrogen-bond acceptors (Lipinski definition) is 4. The quantitative estimate of drug-likeness (QED) is 0.559. The minimum absolute atomic E-state index is 0.152. The van der Waals surface area contributed by atoms with Crippen molar-refractivity contribution in [3.05, 3.63) is 71.2 Å². The van der Waals surface area contributed by atoms with E-state index in [9.17, 15) is 13.2 Å². The van der Waals surface area contributed by atoms with Crippen LogP contribution in [-0.2, 0) is 16.6 Å². The van der Waals surface area contributed by atoms with Gasteiger partial charge in [0.25, 0.3) is 10.0 Å². The monoisotopic (exact) mass is 366 g/mol. The summed E-state index contributed by atoms with van der Waals surface area (Å²) in [5.74, 6) is -0.487. The summed E-state index contributed by atoms with van der Waals surface area (Å²) in [6.07, 6.45) is 0. The van der Waals surface area contributed by atoms with Crippen molar-refractivity contribution in [2.45, 2.75) is 11.4 Å². The zero-order valence-electron chi connectivity index (χ0n) is 13.6. The van der Waals surface area contributed by atoms with E-state index >= 15 is 0 Å². The first kappa shape index (κ1) is 15.2. The number of sulfonamides is 1. The van der Waals surface area contributed by atoms with Crippen LogP contribution in [0.2, 0.25) is 0 Å². The molecule has 0 amide bonds. The van der Waals surface area contributed by atoms with E-state index in [4.69, 9.17) is 4.42 Å². The van der Waals surface area contributed by atoms with E-state index in [0.717, 1.165) is 10.8 Å². The number of rotatable bonds is 3. The van der Waals surface area contributed by atoms with Crippen molar-refractivity contribution in [2.75, 3.05) is 10.8 Å². The van der Waals surface area contributed by atoms with Gasteiger partial charge in [0.1, 0.15) is 0 Å². The number of para-hydroxylation sites is 2. The van der Waals surface area contributed by atoms with Crippen LogP contribution in [0.15, 0.2) is 74.8 Å². The molecule has 1 aliphatic rings. The minimum atomic E-state index is -3.63. The summed E-state index contributed by atoms with van der Waals surface area (Å²) in [6.45, 7) is 0.360. The Balaban J connectivity index is 1.59. The van der Waals surface area contributed by atoms with Gasteiger partial charge in [-0.3, -0.25) is 8.87 Å². The SMILES string of the molecule is O=c1oc2ccccc2n1CCN1c2cccc3cccc(c23)S1(=O)=O. The third-order valence-electron chi connectivity index (χ3n) is 4.78. The lowest BCUT2D eigenvalue weighted by Crippen LogP contribution is -2.32. The highest BCUT2D eigenvalue weighted by atomic mass is 32.2. The molecule has 0 bridgehead atoms. The molecule has 1 aromatic heterocycles. The molecule has 0 N–H and O–H groups in total. The summed E-state index contributed by atoms with van der Waals surface area (Å²) in [5, 5.41) is 1.62. The van der Waals surface area contributed by atoms with Crippen molar-refractivity contribution < 1.29 is 12.8 Å². The van der Waals surface area contributed by atoms with Crippen molar-refractivity contribution in [1.82, 2.24) is 4.57 Å². The molecule has 0 atom stereocenters. The molecule has 4 aromatic rings. The molecule has 0 fully saturated rings. The predicted molar refractivity (Wildman–Crippen MR) is 99.0 cm³/mol. The molecule has 0 spiro atoms. The van der Waals surface area contributed by atoms with E-state index in [1.165, 1.54) is 8.87 Å². The standard InChI is InChI=1S/C19H14N2O4S/c22-19-20(14-7-1-2-9-16(14)25-19)11-12-21-15-8-3-5-13-6-4-10-17(18(13)15)26(21,23)24/h1-10H,11-12H2. The number of hydrogen-bond donors (Lipinski definition) is 0. The molecule has 0 aliphatic carbocycles. The Kier molecular flexibility index (Phi) is 3.05. The normalized spacial score (nSPS) is 15.2. The lowest BCUT2D eigenvalue weighted by atomic mass is 10.1. The molecule has 6 nitrogen and oxygen atoms in total. The Morgan fingerprint density at radius 3 is 2.50 bits per heavy atom. The molecule has 7 heteroatoms. The van der Waals surface area contributed by atoms with Gasteiger partial charge in [-0.05, 0) is 29.7 Å². The van der Waals surface area contributed by atoms with Crippen molar-refractivity contribution in [1.29, 1.82) is 0 Å². The fraction of sp³-hybridized carbons (Fsp3) is 0.105. The smallest absolute Gasteiger partial charge is 0.408 e.